The second kappa shape index (κ2) is 4.46. The lowest BCUT2D eigenvalue weighted by Crippen LogP contribution is -2.45. The third-order valence-corrected chi connectivity index (χ3v) is 3.14. The normalized spacial score (nSPS) is 16.6. The highest BCUT2D eigenvalue weighted by Crippen LogP contribution is 2.20. The zero-order valence-corrected chi connectivity index (χ0v) is 10.2. The monoisotopic (exact) mass is 237 g/mol. The van der Waals surface area contributed by atoms with E-state index in [9.17, 15) is 4.79 Å². The van der Waals surface area contributed by atoms with E-state index in [2.05, 4.69) is 15.7 Å². The lowest BCUT2D eigenvalue weighted by atomic mass is 9.93. The van der Waals surface area contributed by atoms with Crippen LogP contribution in [0.2, 0.25) is 0 Å². The van der Waals surface area contributed by atoms with Gasteiger partial charge in [-0.25, -0.2) is 4.68 Å². The highest BCUT2D eigenvalue weighted by Gasteiger charge is 2.28. The summed E-state index contributed by atoms with van der Waals surface area (Å²) >= 11 is 0. The maximum Gasteiger partial charge on any atom is 0.232 e. The molecule has 2 rings (SSSR count). The van der Waals surface area contributed by atoms with Crippen LogP contribution in [-0.2, 0) is 4.79 Å². The Kier molecular flexibility index (Phi) is 3.17. The van der Waals surface area contributed by atoms with Crippen LogP contribution in [0.3, 0.4) is 0 Å². The van der Waals surface area contributed by atoms with Crippen molar-refractivity contribution in [3.05, 3.63) is 12.3 Å². The molecule has 1 aliphatic rings. The number of nitrogens with two attached hydrogens (primary N) is 1. The van der Waals surface area contributed by atoms with Crippen LogP contribution in [0.1, 0.15) is 19.9 Å². The van der Waals surface area contributed by atoms with Gasteiger partial charge in [0.25, 0.3) is 0 Å². The molecule has 1 aliphatic heterocycles. The molecule has 0 atom stereocenters. The maximum atomic E-state index is 12.0. The van der Waals surface area contributed by atoms with Gasteiger partial charge in [0.1, 0.15) is 5.82 Å². The predicted molar refractivity (Wildman–Crippen MR) is 65.6 cm³/mol. The van der Waals surface area contributed by atoms with E-state index in [-0.39, 0.29) is 5.91 Å². The largest absolute Gasteiger partial charge is 0.329 e. The number of amides is 1. The quantitative estimate of drug-likeness (QED) is 0.685. The fraction of sp³-hybridized carbons (Fsp3) is 0.636. The van der Waals surface area contributed by atoms with Crippen molar-refractivity contribution in [3.63, 3.8) is 0 Å². The number of carbonyl (C=O) groups is 1. The number of rotatable bonds is 4. The molecule has 6 nitrogen and oxygen atoms in total. The van der Waals surface area contributed by atoms with Crippen LogP contribution in [0.5, 0.6) is 0 Å². The minimum Gasteiger partial charge on any atom is -0.329 e. The molecule has 1 fully saturated rings. The molecule has 0 spiro atoms. The molecule has 0 radical (unpaired) electrons. The predicted octanol–water partition coefficient (Wildman–Crippen LogP) is -0.0492. The SMILES string of the molecule is CC(C)(CN)C(=O)Nc1ccnn1C1CNC1. The van der Waals surface area contributed by atoms with E-state index < -0.39 is 5.41 Å². The number of hydrogen-bond donors (Lipinski definition) is 3. The molecular formula is C11H19N5O. The van der Waals surface area contributed by atoms with Gasteiger partial charge in [0.05, 0.1) is 17.7 Å². The van der Waals surface area contributed by atoms with Crippen LogP contribution < -0.4 is 16.4 Å². The zero-order valence-electron chi connectivity index (χ0n) is 10.2. The van der Waals surface area contributed by atoms with E-state index in [0.29, 0.717) is 12.6 Å². The van der Waals surface area contributed by atoms with E-state index in [1.165, 1.54) is 0 Å². The smallest absolute Gasteiger partial charge is 0.232 e. The summed E-state index contributed by atoms with van der Waals surface area (Å²) in [5.41, 5.74) is 5.02. The minimum absolute atomic E-state index is 0.0750. The summed E-state index contributed by atoms with van der Waals surface area (Å²) in [6.45, 7) is 5.76. The van der Waals surface area contributed by atoms with Gasteiger partial charge in [-0.05, 0) is 13.8 Å². The Labute approximate surface area is 101 Å². The van der Waals surface area contributed by atoms with Crippen LogP contribution in [0.15, 0.2) is 12.3 Å². The summed E-state index contributed by atoms with van der Waals surface area (Å²) in [6.07, 6.45) is 1.70. The first-order chi connectivity index (χ1) is 8.04. The molecule has 1 aromatic heterocycles. The molecule has 0 unspecified atom stereocenters. The number of hydrogen-bond acceptors (Lipinski definition) is 4. The Morgan fingerprint density at radius 1 is 1.71 bits per heavy atom. The molecule has 1 aromatic rings. The molecule has 1 amide bonds. The van der Waals surface area contributed by atoms with Crippen molar-refractivity contribution in [2.24, 2.45) is 11.1 Å². The fourth-order valence-electron chi connectivity index (χ4n) is 1.53. The summed E-state index contributed by atoms with van der Waals surface area (Å²) in [6, 6.07) is 2.14. The minimum atomic E-state index is -0.563. The third kappa shape index (κ3) is 2.32. The lowest BCUT2D eigenvalue weighted by molar-refractivity contribution is -0.123. The number of nitrogens with one attached hydrogen (secondary N) is 2. The summed E-state index contributed by atoms with van der Waals surface area (Å²) in [5, 5.41) is 10.3. The molecule has 4 N–H and O–H groups in total. The molecule has 0 aromatic carbocycles. The second-order valence-corrected chi connectivity index (χ2v) is 5.02. The van der Waals surface area contributed by atoms with E-state index >= 15 is 0 Å². The topological polar surface area (TPSA) is 85.0 Å². The Bertz CT molecular complexity index is 408. The standard InChI is InChI=1S/C11H19N5O/c1-11(2,7-12)10(17)15-9-3-4-14-16(9)8-5-13-6-8/h3-4,8,13H,5-7,12H2,1-2H3,(H,15,17). The van der Waals surface area contributed by atoms with Gasteiger partial charge in [-0.15, -0.1) is 0 Å². The molecule has 94 valence electrons. The average Bonchev–Trinajstić information content (AvgIpc) is 2.64. The van der Waals surface area contributed by atoms with E-state index in [1.807, 2.05) is 24.6 Å². The van der Waals surface area contributed by atoms with Gasteiger partial charge >= 0.3 is 0 Å². The number of carbonyl (C=O) groups excluding carboxylic acids is 1. The first-order valence-corrected chi connectivity index (χ1v) is 5.80. The first kappa shape index (κ1) is 12.1. The van der Waals surface area contributed by atoms with Gasteiger partial charge in [-0.2, -0.15) is 5.10 Å². The van der Waals surface area contributed by atoms with Crippen molar-refractivity contribution in [1.29, 1.82) is 0 Å². The fourth-order valence-corrected chi connectivity index (χ4v) is 1.53. The van der Waals surface area contributed by atoms with E-state index in [4.69, 9.17) is 5.73 Å². The summed E-state index contributed by atoms with van der Waals surface area (Å²) in [5.74, 6) is 0.664. The Morgan fingerprint density at radius 3 is 2.94 bits per heavy atom. The van der Waals surface area contributed by atoms with Crippen molar-refractivity contribution in [2.45, 2.75) is 19.9 Å². The van der Waals surface area contributed by atoms with Gasteiger partial charge in [0.15, 0.2) is 0 Å². The second-order valence-electron chi connectivity index (χ2n) is 5.02. The molecule has 0 aliphatic carbocycles. The zero-order chi connectivity index (χ0) is 12.5. The van der Waals surface area contributed by atoms with Crippen molar-refractivity contribution < 1.29 is 4.79 Å². The van der Waals surface area contributed by atoms with Crippen LogP contribution in [-0.4, -0.2) is 35.3 Å². The Balaban J connectivity index is 2.08. The van der Waals surface area contributed by atoms with Gasteiger partial charge < -0.3 is 16.4 Å². The number of aromatic nitrogens is 2. The van der Waals surface area contributed by atoms with Gasteiger partial charge in [-0.3, -0.25) is 4.79 Å². The van der Waals surface area contributed by atoms with Crippen molar-refractivity contribution in [2.75, 3.05) is 25.0 Å². The molecule has 6 heteroatoms. The molecule has 2 heterocycles. The van der Waals surface area contributed by atoms with Crippen molar-refractivity contribution >= 4 is 11.7 Å². The summed E-state index contributed by atoms with van der Waals surface area (Å²) < 4.78 is 1.85. The Hall–Kier alpha value is -1.40. The Morgan fingerprint density at radius 2 is 2.41 bits per heavy atom. The molecule has 0 bridgehead atoms. The molecule has 0 saturated carbocycles. The van der Waals surface area contributed by atoms with Crippen LogP contribution >= 0.6 is 0 Å². The summed E-state index contributed by atoms with van der Waals surface area (Å²) in [4.78, 5) is 12.0. The number of nitrogens with zero attached hydrogens (tertiary/aromatic N) is 2. The lowest BCUT2D eigenvalue weighted by Gasteiger charge is -2.29. The highest BCUT2D eigenvalue weighted by atomic mass is 16.2. The maximum absolute atomic E-state index is 12.0. The summed E-state index contributed by atoms with van der Waals surface area (Å²) in [7, 11) is 0. The van der Waals surface area contributed by atoms with Gasteiger partial charge in [0.2, 0.25) is 5.91 Å². The number of anilines is 1. The van der Waals surface area contributed by atoms with E-state index in [0.717, 1.165) is 18.9 Å². The third-order valence-electron chi connectivity index (χ3n) is 3.14. The van der Waals surface area contributed by atoms with Crippen LogP contribution in [0.25, 0.3) is 0 Å². The van der Waals surface area contributed by atoms with Crippen molar-refractivity contribution in [1.82, 2.24) is 15.1 Å². The highest BCUT2D eigenvalue weighted by molar-refractivity contribution is 5.94. The van der Waals surface area contributed by atoms with Gasteiger partial charge in [-0.1, -0.05) is 0 Å². The molecule has 17 heavy (non-hydrogen) atoms. The molecule has 1 saturated heterocycles. The molecular weight excluding hydrogens is 218 g/mol. The van der Waals surface area contributed by atoms with Gasteiger partial charge in [0, 0.05) is 25.7 Å². The van der Waals surface area contributed by atoms with E-state index in [1.54, 1.807) is 6.20 Å². The average molecular weight is 237 g/mol. The van der Waals surface area contributed by atoms with Crippen molar-refractivity contribution in [3.8, 4) is 0 Å². The van der Waals surface area contributed by atoms with Crippen LogP contribution in [0, 0.1) is 5.41 Å². The van der Waals surface area contributed by atoms with Crippen LogP contribution in [0.4, 0.5) is 5.82 Å². The first-order valence-electron chi connectivity index (χ1n) is 5.80.